The van der Waals surface area contributed by atoms with Crippen LogP contribution in [0, 0.1) is 11.7 Å². The summed E-state index contributed by atoms with van der Waals surface area (Å²) in [5.41, 5.74) is 0.819. The number of nitrogens with zero attached hydrogens (tertiary/aromatic N) is 3. The van der Waals surface area contributed by atoms with Crippen molar-refractivity contribution in [3.05, 3.63) is 45.1 Å². The first-order chi connectivity index (χ1) is 11.0. The van der Waals surface area contributed by atoms with E-state index in [0.717, 1.165) is 10.4 Å². The molecule has 0 bridgehead atoms. The van der Waals surface area contributed by atoms with Gasteiger partial charge in [-0.3, -0.25) is 14.5 Å². The summed E-state index contributed by atoms with van der Waals surface area (Å²) in [5, 5.41) is 10.9. The molecule has 0 aliphatic rings. The van der Waals surface area contributed by atoms with Crippen molar-refractivity contribution in [3.63, 3.8) is 0 Å². The number of benzene rings is 1. The fourth-order valence-corrected chi connectivity index (χ4v) is 3.00. The van der Waals surface area contributed by atoms with E-state index in [4.69, 9.17) is 23.8 Å². The highest BCUT2D eigenvalue weighted by molar-refractivity contribution is 7.71. The predicted molar refractivity (Wildman–Crippen MR) is 93.3 cm³/mol. The van der Waals surface area contributed by atoms with Gasteiger partial charge in [-0.2, -0.15) is 5.10 Å². The molecule has 1 amide bonds. The fraction of sp³-hybridized carbons (Fsp3) is 0.143. The zero-order valence-corrected chi connectivity index (χ0v) is 14.4. The number of amides is 1. The molecule has 3 rings (SSSR count). The number of H-pyrrole nitrogens is 1. The van der Waals surface area contributed by atoms with Gasteiger partial charge in [0.05, 0.1) is 0 Å². The zero-order valence-electron chi connectivity index (χ0n) is 12.0. The second-order valence-electron chi connectivity index (χ2n) is 4.77. The number of aryl methyl sites for hydroxylation is 1. The van der Waals surface area contributed by atoms with Crippen LogP contribution < -0.4 is 5.32 Å². The molecule has 23 heavy (non-hydrogen) atoms. The van der Waals surface area contributed by atoms with Crippen molar-refractivity contribution in [1.29, 1.82) is 0 Å². The minimum Gasteiger partial charge on any atom is -0.300 e. The van der Waals surface area contributed by atoms with Crippen molar-refractivity contribution < 1.29 is 4.79 Å². The lowest BCUT2D eigenvalue weighted by atomic mass is 10.2. The van der Waals surface area contributed by atoms with E-state index in [2.05, 4.69) is 20.5 Å². The Hall–Kier alpha value is -2.03. The number of hydrogen-bond donors (Lipinski definition) is 2. The maximum absolute atomic E-state index is 12.2. The van der Waals surface area contributed by atoms with E-state index in [1.165, 1.54) is 11.3 Å². The summed E-state index contributed by atoms with van der Waals surface area (Å²) < 4.78 is 2.01. The van der Waals surface area contributed by atoms with Crippen molar-refractivity contribution in [2.75, 3.05) is 5.32 Å². The van der Waals surface area contributed by atoms with Crippen LogP contribution in [0.3, 0.4) is 0 Å². The van der Waals surface area contributed by atoms with Crippen LogP contribution in [0.4, 0.5) is 5.13 Å². The molecule has 0 radical (unpaired) electrons. The Balaban J connectivity index is 1.82. The summed E-state index contributed by atoms with van der Waals surface area (Å²) in [6.45, 7) is 1.98. The third-order valence-corrected chi connectivity index (χ3v) is 4.42. The first-order valence-corrected chi connectivity index (χ1v) is 8.26. The lowest BCUT2D eigenvalue weighted by molar-refractivity contribution is -0.116. The topological polar surface area (TPSA) is 75.6 Å². The summed E-state index contributed by atoms with van der Waals surface area (Å²) in [6.07, 6.45) is 1.71. The van der Waals surface area contributed by atoms with Gasteiger partial charge in [-0.15, -0.1) is 11.3 Å². The van der Waals surface area contributed by atoms with Crippen LogP contribution in [0.2, 0.25) is 5.02 Å². The molecule has 0 spiro atoms. The summed E-state index contributed by atoms with van der Waals surface area (Å²) in [5.74, 6) is 0.365. The molecular formula is C14H12ClN5OS2. The van der Waals surface area contributed by atoms with Gasteiger partial charge in [0.15, 0.2) is 15.7 Å². The number of carbonyl (C=O) groups is 1. The lowest BCUT2D eigenvalue weighted by Crippen LogP contribution is -2.19. The molecule has 2 aromatic heterocycles. The van der Waals surface area contributed by atoms with E-state index in [0.29, 0.717) is 20.7 Å². The Morgan fingerprint density at radius 2 is 2.17 bits per heavy atom. The first-order valence-electron chi connectivity index (χ1n) is 6.66. The maximum Gasteiger partial charge on any atom is 0.246 e. The van der Waals surface area contributed by atoms with Crippen LogP contribution in [0.15, 0.2) is 30.5 Å². The molecule has 1 aromatic carbocycles. The third kappa shape index (κ3) is 3.66. The summed E-state index contributed by atoms with van der Waals surface area (Å²) >= 11 is 12.5. The summed E-state index contributed by atoms with van der Waals surface area (Å²) in [4.78, 5) is 17.3. The molecule has 118 valence electrons. The second-order valence-corrected chi connectivity index (χ2v) is 6.83. The van der Waals surface area contributed by atoms with Crippen LogP contribution >= 0.6 is 35.2 Å². The Bertz CT molecular complexity index is 897. The molecule has 0 aliphatic heterocycles. The Morgan fingerprint density at radius 1 is 1.43 bits per heavy atom. The third-order valence-electron chi connectivity index (χ3n) is 3.03. The van der Waals surface area contributed by atoms with Crippen LogP contribution in [0.1, 0.15) is 4.88 Å². The highest BCUT2D eigenvalue weighted by Crippen LogP contribution is 2.20. The maximum atomic E-state index is 12.2. The average Bonchev–Trinajstić information content (AvgIpc) is 3.07. The Morgan fingerprint density at radius 3 is 2.83 bits per heavy atom. The summed E-state index contributed by atoms with van der Waals surface area (Å²) in [6, 6.07) is 7.17. The van der Waals surface area contributed by atoms with Crippen LogP contribution in [-0.4, -0.2) is 25.7 Å². The molecule has 9 heteroatoms. The number of anilines is 1. The van der Waals surface area contributed by atoms with E-state index in [9.17, 15) is 4.79 Å². The largest absolute Gasteiger partial charge is 0.300 e. The molecular weight excluding hydrogens is 354 g/mol. The number of halogens is 1. The number of aromatic nitrogens is 4. The van der Waals surface area contributed by atoms with Gasteiger partial charge in [0.1, 0.15) is 6.54 Å². The smallest absolute Gasteiger partial charge is 0.246 e. The molecule has 0 saturated heterocycles. The molecule has 0 unspecified atom stereocenters. The SMILES string of the molecule is Cc1cnc(NC(=O)Cn2c(-c3ccc(Cl)cc3)n[nH]c2=S)s1. The number of thiazole rings is 1. The van der Waals surface area contributed by atoms with Gasteiger partial charge in [0, 0.05) is 21.7 Å². The highest BCUT2D eigenvalue weighted by atomic mass is 35.5. The van der Waals surface area contributed by atoms with Gasteiger partial charge in [-0.1, -0.05) is 11.6 Å². The molecule has 0 fully saturated rings. The number of nitrogens with one attached hydrogen (secondary N) is 2. The Kier molecular flexibility index (Phi) is 4.56. The second kappa shape index (κ2) is 6.61. The van der Waals surface area contributed by atoms with Gasteiger partial charge in [0.2, 0.25) is 5.91 Å². The van der Waals surface area contributed by atoms with E-state index in [-0.39, 0.29) is 12.5 Å². The minimum absolute atomic E-state index is 0.0475. The predicted octanol–water partition coefficient (Wildman–Crippen LogP) is 3.66. The quantitative estimate of drug-likeness (QED) is 0.692. The van der Waals surface area contributed by atoms with Crippen molar-refractivity contribution in [2.45, 2.75) is 13.5 Å². The van der Waals surface area contributed by atoms with Crippen molar-refractivity contribution in [3.8, 4) is 11.4 Å². The first kappa shape index (κ1) is 15.9. The molecule has 0 saturated carbocycles. The van der Waals surface area contributed by atoms with Gasteiger partial charge in [-0.05, 0) is 43.4 Å². The van der Waals surface area contributed by atoms with E-state index in [1.54, 1.807) is 22.9 Å². The van der Waals surface area contributed by atoms with Crippen molar-refractivity contribution in [2.24, 2.45) is 0 Å². The van der Waals surface area contributed by atoms with E-state index in [1.807, 2.05) is 19.1 Å². The number of carbonyl (C=O) groups excluding carboxylic acids is 1. The van der Waals surface area contributed by atoms with Gasteiger partial charge < -0.3 is 5.32 Å². The lowest BCUT2D eigenvalue weighted by Gasteiger charge is -2.06. The molecule has 0 aliphatic carbocycles. The van der Waals surface area contributed by atoms with Crippen molar-refractivity contribution >= 4 is 46.2 Å². The average molecular weight is 366 g/mol. The van der Waals surface area contributed by atoms with E-state index >= 15 is 0 Å². The monoisotopic (exact) mass is 365 g/mol. The van der Waals surface area contributed by atoms with E-state index < -0.39 is 0 Å². The van der Waals surface area contributed by atoms with Gasteiger partial charge in [0.25, 0.3) is 0 Å². The fourth-order valence-electron chi connectivity index (χ4n) is 2.00. The molecule has 0 atom stereocenters. The normalized spacial score (nSPS) is 10.7. The van der Waals surface area contributed by atoms with Gasteiger partial charge in [-0.25, -0.2) is 4.98 Å². The minimum atomic E-state index is -0.216. The van der Waals surface area contributed by atoms with Gasteiger partial charge >= 0.3 is 0 Å². The number of rotatable bonds is 4. The number of aromatic amines is 1. The number of hydrogen-bond acceptors (Lipinski definition) is 5. The highest BCUT2D eigenvalue weighted by Gasteiger charge is 2.13. The molecule has 2 heterocycles. The molecule has 3 aromatic rings. The molecule has 2 N–H and O–H groups in total. The summed E-state index contributed by atoms with van der Waals surface area (Å²) in [7, 11) is 0. The molecule has 6 nitrogen and oxygen atoms in total. The van der Waals surface area contributed by atoms with Crippen LogP contribution in [0.5, 0.6) is 0 Å². The standard InChI is InChI=1S/C14H12ClN5OS2/c1-8-6-16-13(23-8)17-11(21)7-20-12(18-19-14(20)22)9-2-4-10(15)5-3-9/h2-6H,7H2,1H3,(H,19,22)(H,16,17,21). The van der Waals surface area contributed by atoms with Crippen LogP contribution in [0.25, 0.3) is 11.4 Å². The Labute approximate surface area is 146 Å². The van der Waals surface area contributed by atoms with Crippen LogP contribution in [-0.2, 0) is 11.3 Å². The zero-order chi connectivity index (χ0) is 16.4. The van der Waals surface area contributed by atoms with Crippen molar-refractivity contribution in [1.82, 2.24) is 19.7 Å².